The van der Waals surface area contributed by atoms with Crippen molar-refractivity contribution >= 4 is 38.0 Å². The van der Waals surface area contributed by atoms with Crippen molar-refractivity contribution in [2.24, 2.45) is 0 Å². The number of rotatable bonds is 7. The summed E-state index contributed by atoms with van der Waals surface area (Å²) in [6.07, 6.45) is 2.16. The summed E-state index contributed by atoms with van der Waals surface area (Å²) in [5.41, 5.74) is 7.28. The maximum absolute atomic E-state index is 12.1. The molecule has 0 aliphatic rings. The van der Waals surface area contributed by atoms with Gasteiger partial charge >= 0.3 is 0 Å². The highest BCUT2D eigenvalue weighted by atomic mass is 32.2. The third-order valence-electron chi connectivity index (χ3n) is 2.64. The molecular formula is C13H18N2O2S2. The number of hydrogen-bond acceptors (Lipinski definition) is 5. The zero-order valence-corrected chi connectivity index (χ0v) is 12.6. The van der Waals surface area contributed by atoms with E-state index in [9.17, 15) is 4.21 Å². The minimum absolute atomic E-state index is 0.499. The fourth-order valence-corrected chi connectivity index (χ4v) is 3.87. The Kier molecular flexibility index (Phi) is 5.30. The molecule has 0 spiro atoms. The van der Waals surface area contributed by atoms with Crippen LogP contribution in [-0.4, -0.2) is 28.2 Å². The number of fused-ring (bicyclic) bond motifs is 1. The summed E-state index contributed by atoms with van der Waals surface area (Å²) in [4.78, 5) is 4.38. The first kappa shape index (κ1) is 14.4. The molecule has 0 bridgehead atoms. The van der Waals surface area contributed by atoms with Gasteiger partial charge < -0.3 is 10.5 Å². The Bertz CT molecular complexity index is 569. The number of benzene rings is 1. The Hall–Kier alpha value is -0.980. The van der Waals surface area contributed by atoms with Crippen LogP contribution in [0.25, 0.3) is 10.2 Å². The van der Waals surface area contributed by atoms with E-state index >= 15 is 0 Å². The minimum atomic E-state index is -1.09. The second-order valence-electron chi connectivity index (χ2n) is 4.22. The van der Waals surface area contributed by atoms with Crippen molar-refractivity contribution in [2.75, 3.05) is 24.7 Å². The predicted molar refractivity (Wildman–Crippen MR) is 81.0 cm³/mol. The first-order valence-electron chi connectivity index (χ1n) is 6.33. The van der Waals surface area contributed by atoms with Gasteiger partial charge in [0.15, 0.2) is 4.34 Å². The van der Waals surface area contributed by atoms with Gasteiger partial charge in [-0.15, -0.1) is 11.3 Å². The molecule has 2 aromatic rings. The second kappa shape index (κ2) is 6.98. The van der Waals surface area contributed by atoms with E-state index in [2.05, 4.69) is 11.9 Å². The second-order valence-corrected chi connectivity index (χ2v) is 7.00. The van der Waals surface area contributed by atoms with Crippen molar-refractivity contribution < 1.29 is 8.95 Å². The first-order valence-corrected chi connectivity index (χ1v) is 8.46. The van der Waals surface area contributed by atoms with Crippen LogP contribution in [0.1, 0.15) is 19.8 Å². The zero-order valence-electron chi connectivity index (χ0n) is 10.9. The van der Waals surface area contributed by atoms with E-state index in [4.69, 9.17) is 10.5 Å². The highest BCUT2D eigenvalue weighted by molar-refractivity contribution is 7.87. The van der Waals surface area contributed by atoms with E-state index in [0.717, 1.165) is 29.7 Å². The van der Waals surface area contributed by atoms with E-state index in [1.807, 2.05) is 18.2 Å². The molecule has 1 aromatic heterocycles. The third-order valence-corrected chi connectivity index (χ3v) is 5.28. The van der Waals surface area contributed by atoms with Crippen molar-refractivity contribution in [1.82, 2.24) is 4.98 Å². The molecule has 1 atom stereocenters. The Morgan fingerprint density at radius 3 is 3.05 bits per heavy atom. The molecule has 0 saturated carbocycles. The fraction of sp³-hybridized carbons (Fsp3) is 0.462. The normalized spacial score (nSPS) is 12.9. The maximum Gasteiger partial charge on any atom is 0.181 e. The number of nitrogens with zero attached hydrogens (tertiary/aromatic N) is 1. The van der Waals surface area contributed by atoms with Crippen molar-refractivity contribution in [3.63, 3.8) is 0 Å². The lowest BCUT2D eigenvalue weighted by atomic mass is 10.3. The summed E-state index contributed by atoms with van der Waals surface area (Å²) in [5, 5.41) is 0. The number of ether oxygens (including phenoxy) is 1. The van der Waals surface area contributed by atoms with Gasteiger partial charge in [0, 0.05) is 12.3 Å². The topological polar surface area (TPSA) is 65.2 Å². The molecule has 0 saturated heterocycles. The van der Waals surface area contributed by atoms with E-state index in [1.54, 1.807) is 0 Å². The van der Waals surface area contributed by atoms with Crippen LogP contribution in [0.3, 0.4) is 0 Å². The van der Waals surface area contributed by atoms with Gasteiger partial charge in [-0.2, -0.15) is 0 Å². The molecule has 0 aliphatic heterocycles. The largest absolute Gasteiger partial charge is 0.399 e. The number of anilines is 1. The van der Waals surface area contributed by atoms with Crippen molar-refractivity contribution in [3.8, 4) is 0 Å². The van der Waals surface area contributed by atoms with E-state index < -0.39 is 10.8 Å². The van der Waals surface area contributed by atoms with E-state index in [1.165, 1.54) is 11.3 Å². The van der Waals surface area contributed by atoms with E-state index in [0.29, 0.717) is 22.4 Å². The lowest BCUT2D eigenvalue weighted by molar-refractivity contribution is 0.146. The molecule has 0 fully saturated rings. The summed E-state index contributed by atoms with van der Waals surface area (Å²) in [5.74, 6) is 0.499. The average molecular weight is 298 g/mol. The van der Waals surface area contributed by atoms with Gasteiger partial charge in [0.1, 0.15) is 0 Å². The van der Waals surface area contributed by atoms with Crippen molar-refractivity contribution in [2.45, 2.75) is 24.1 Å². The number of thiazole rings is 1. The molecule has 0 amide bonds. The molecule has 19 heavy (non-hydrogen) atoms. The van der Waals surface area contributed by atoms with Gasteiger partial charge in [0.05, 0.1) is 33.4 Å². The summed E-state index contributed by atoms with van der Waals surface area (Å²) < 4.78 is 19.1. The number of hydrogen-bond donors (Lipinski definition) is 1. The van der Waals surface area contributed by atoms with Crippen LogP contribution < -0.4 is 5.73 Å². The lowest BCUT2D eigenvalue weighted by Crippen LogP contribution is -2.07. The molecule has 0 radical (unpaired) electrons. The highest BCUT2D eigenvalue weighted by Gasteiger charge is 2.10. The van der Waals surface area contributed by atoms with Crippen LogP contribution in [-0.2, 0) is 15.5 Å². The molecule has 1 heterocycles. The lowest BCUT2D eigenvalue weighted by Gasteiger charge is -2.01. The smallest absolute Gasteiger partial charge is 0.181 e. The van der Waals surface area contributed by atoms with Gasteiger partial charge in [0.2, 0.25) is 0 Å². The molecule has 6 heteroatoms. The molecule has 2 rings (SSSR count). The summed E-state index contributed by atoms with van der Waals surface area (Å²) in [6, 6.07) is 5.54. The van der Waals surface area contributed by atoms with Crippen LogP contribution in [0.5, 0.6) is 0 Å². The van der Waals surface area contributed by atoms with E-state index in [-0.39, 0.29) is 0 Å². The number of nitrogens with two attached hydrogens (primary N) is 1. The van der Waals surface area contributed by atoms with Crippen LogP contribution in [0, 0.1) is 0 Å². The third kappa shape index (κ3) is 3.99. The predicted octanol–water partition coefficient (Wildman–Crippen LogP) is 2.80. The first-order chi connectivity index (χ1) is 9.20. The molecule has 2 N–H and O–H groups in total. The molecule has 104 valence electrons. The van der Waals surface area contributed by atoms with Gasteiger partial charge in [-0.05, 0) is 24.6 Å². The van der Waals surface area contributed by atoms with Gasteiger partial charge in [-0.1, -0.05) is 13.3 Å². The quantitative estimate of drug-likeness (QED) is 0.630. The summed E-state index contributed by atoms with van der Waals surface area (Å²) >= 11 is 1.44. The number of unbranched alkanes of at least 4 members (excludes halogenated alkanes) is 1. The fourth-order valence-electron chi connectivity index (χ4n) is 1.59. The SMILES string of the molecule is CCCCOCCS(=O)c1nc2ccc(N)cc2s1. The minimum Gasteiger partial charge on any atom is -0.399 e. The Balaban J connectivity index is 1.94. The molecular weight excluding hydrogens is 280 g/mol. The van der Waals surface area contributed by atoms with Crippen LogP contribution in [0.2, 0.25) is 0 Å². The number of nitrogen functional groups attached to an aromatic ring is 1. The highest BCUT2D eigenvalue weighted by Crippen LogP contribution is 2.26. The summed E-state index contributed by atoms with van der Waals surface area (Å²) in [6.45, 7) is 3.38. The van der Waals surface area contributed by atoms with Gasteiger partial charge in [-0.3, -0.25) is 4.21 Å². The van der Waals surface area contributed by atoms with Crippen LogP contribution in [0.15, 0.2) is 22.5 Å². The zero-order chi connectivity index (χ0) is 13.7. The van der Waals surface area contributed by atoms with Crippen LogP contribution >= 0.6 is 11.3 Å². The summed E-state index contributed by atoms with van der Waals surface area (Å²) in [7, 11) is -1.09. The Morgan fingerprint density at radius 1 is 1.42 bits per heavy atom. The van der Waals surface area contributed by atoms with Gasteiger partial charge in [0.25, 0.3) is 0 Å². The molecule has 0 aliphatic carbocycles. The Morgan fingerprint density at radius 2 is 2.26 bits per heavy atom. The molecule has 1 unspecified atom stereocenters. The average Bonchev–Trinajstić information content (AvgIpc) is 2.81. The molecule has 4 nitrogen and oxygen atoms in total. The number of aromatic nitrogens is 1. The maximum atomic E-state index is 12.1. The van der Waals surface area contributed by atoms with Gasteiger partial charge in [-0.25, -0.2) is 4.98 Å². The van der Waals surface area contributed by atoms with Crippen molar-refractivity contribution in [3.05, 3.63) is 18.2 Å². The van der Waals surface area contributed by atoms with Crippen LogP contribution in [0.4, 0.5) is 5.69 Å². The standard InChI is InChI=1S/C13H18N2O2S2/c1-2-3-6-17-7-8-19(16)13-15-11-5-4-10(14)9-12(11)18-13/h4-5,9H,2-3,6-8,14H2,1H3. The monoisotopic (exact) mass is 298 g/mol. The molecule has 1 aromatic carbocycles. The Labute approximate surface area is 119 Å². The van der Waals surface area contributed by atoms with Crippen molar-refractivity contribution in [1.29, 1.82) is 0 Å².